The Morgan fingerprint density at radius 2 is 1.75 bits per heavy atom. The Hall–Kier alpha value is -0.0400. The number of hydrogen-bond donors (Lipinski definition) is 1. The topological polar surface area (TPSA) is 12.0 Å². The van der Waals surface area contributed by atoms with Crippen LogP contribution in [-0.2, 0) is 0 Å². The van der Waals surface area contributed by atoms with Crippen molar-refractivity contribution >= 4 is 0 Å². The van der Waals surface area contributed by atoms with Gasteiger partial charge in [0.05, 0.1) is 0 Å². The predicted molar refractivity (Wildman–Crippen MR) is 58.6 cm³/mol. The molecule has 1 N–H and O–H groups in total. The lowest BCUT2D eigenvalue weighted by atomic mass is 10.1. The normalized spacial score (nSPS) is 20.2. The van der Waals surface area contributed by atoms with E-state index in [4.69, 9.17) is 0 Å². The summed E-state index contributed by atoms with van der Waals surface area (Å²) in [7, 11) is 0. The highest BCUT2D eigenvalue weighted by molar-refractivity contribution is 4.72. The third-order valence-electron chi connectivity index (χ3n) is 1.80. The van der Waals surface area contributed by atoms with Gasteiger partial charge in [-0.3, -0.25) is 0 Å². The van der Waals surface area contributed by atoms with E-state index in [0.717, 1.165) is 6.04 Å². The van der Waals surface area contributed by atoms with Crippen LogP contribution in [0.3, 0.4) is 0 Å². The summed E-state index contributed by atoms with van der Waals surface area (Å²) in [5.74, 6) is 0. The highest BCUT2D eigenvalue weighted by Gasteiger charge is 2.11. The molecule has 1 aliphatic heterocycles. The molecule has 12 heavy (non-hydrogen) atoms. The average Bonchev–Trinajstić information content (AvgIpc) is 2.65. The Labute approximate surface area is 78.9 Å². The quantitative estimate of drug-likeness (QED) is 0.673. The monoisotopic (exact) mass is 173 g/mol. The zero-order valence-electron chi connectivity index (χ0n) is 9.61. The van der Waals surface area contributed by atoms with E-state index in [1.165, 1.54) is 32.2 Å². The van der Waals surface area contributed by atoms with Gasteiger partial charge in [-0.1, -0.05) is 41.0 Å². The Kier molecular flexibility index (Phi) is 16.3. The fraction of sp³-hybridized carbons (Fsp3) is 1.00. The molecule has 1 atom stereocenters. The Morgan fingerprint density at radius 3 is 2.08 bits per heavy atom. The van der Waals surface area contributed by atoms with Crippen molar-refractivity contribution in [2.45, 2.75) is 66.3 Å². The zero-order valence-corrected chi connectivity index (χ0v) is 9.61. The molecule has 0 unspecified atom stereocenters. The lowest BCUT2D eigenvalue weighted by Crippen LogP contribution is -2.20. The fourth-order valence-electron chi connectivity index (χ4n) is 1.35. The van der Waals surface area contributed by atoms with Gasteiger partial charge in [-0.25, -0.2) is 0 Å². The number of hydrogen-bond acceptors (Lipinski definition) is 1. The molecule has 0 aliphatic carbocycles. The van der Waals surface area contributed by atoms with Crippen LogP contribution in [0.25, 0.3) is 0 Å². The third-order valence-corrected chi connectivity index (χ3v) is 1.80. The second-order valence-corrected chi connectivity index (χ2v) is 2.58. The summed E-state index contributed by atoms with van der Waals surface area (Å²) < 4.78 is 0. The molecule has 1 saturated heterocycles. The van der Waals surface area contributed by atoms with Crippen LogP contribution in [0.5, 0.6) is 0 Å². The van der Waals surface area contributed by atoms with E-state index in [1.807, 2.05) is 27.7 Å². The maximum absolute atomic E-state index is 3.46. The highest BCUT2D eigenvalue weighted by atomic mass is 14.9. The minimum absolute atomic E-state index is 0.861. The summed E-state index contributed by atoms with van der Waals surface area (Å²) in [6, 6.07) is 0.861. The first-order valence-corrected chi connectivity index (χ1v) is 5.67. The molecule has 0 aromatic carbocycles. The van der Waals surface area contributed by atoms with Crippen LogP contribution in [0.1, 0.15) is 60.3 Å². The van der Waals surface area contributed by atoms with Gasteiger partial charge >= 0.3 is 0 Å². The van der Waals surface area contributed by atoms with Gasteiger partial charge in [-0.2, -0.15) is 0 Å². The van der Waals surface area contributed by atoms with Gasteiger partial charge < -0.3 is 5.32 Å². The molecule has 1 aliphatic rings. The molecule has 0 amide bonds. The van der Waals surface area contributed by atoms with Crippen molar-refractivity contribution in [3.05, 3.63) is 0 Å². The minimum atomic E-state index is 0.861. The molecule has 1 heterocycles. The molecule has 76 valence electrons. The van der Waals surface area contributed by atoms with E-state index < -0.39 is 0 Å². The van der Waals surface area contributed by atoms with E-state index in [-0.39, 0.29) is 0 Å². The van der Waals surface area contributed by atoms with Crippen LogP contribution in [0.4, 0.5) is 0 Å². The summed E-state index contributed by atoms with van der Waals surface area (Å²) in [6.07, 6.45) is 5.51. The van der Waals surface area contributed by atoms with Crippen molar-refractivity contribution in [3.63, 3.8) is 0 Å². The molecule has 1 rings (SSSR count). The predicted octanol–water partition coefficient (Wildman–Crippen LogP) is 3.59. The third kappa shape index (κ3) is 8.06. The maximum atomic E-state index is 3.46. The smallest absolute Gasteiger partial charge is 0.00674 e. The lowest BCUT2D eigenvalue weighted by molar-refractivity contribution is 0.551. The first kappa shape index (κ1) is 14.5. The van der Waals surface area contributed by atoms with Gasteiger partial charge in [0.1, 0.15) is 0 Å². The summed E-state index contributed by atoms with van der Waals surface area (Å²) in [4.78, 5) is 0. The molecule has 0 saturated carbocycles. The van der Waals surface area contributed by atoms with Crippen LogP contribution in [0, 0.1) is 0 Å². The second-order valence-electron chi connectivity index (χ2n) is 2.58. The van der Waals surface area contributed by atoms with Crippen LogP contribution in [-0.4, -0.2) is 12.6 Å². The average molecular weight is 173 g/mol. The standard InChI is InChI=1S/C7H15N.2C2H6/c1-2-4-7-5-3-6-8-7;2*1-2/h7-8H,2-6H2,1H3;2*1-2H3/t7-;;/m1../s1. The minimum Gasteiger partial charge on any atom is -0.314 e. The Morgan fingerprint density at radius 1 is 1.17 bits per heavy atom. The van der Waals surface area contributed by atoms with E-state index in [1.54, 1.807) is 0 Å². The Bertz CT molecular complexity index is 56.0. The highest BCUT2D eigenvalue weighted by Crippen LogP contribution is 2.09. The van der Waals surface area contributed by atoms with E-state index >= 15 is 0 Å². The van der Waals surface area contributed by atoms with Crippen LogP contribution in [0.15, 0.2) is 0 Å². The zero-order chi connectivity index (χ0) is 9.82. The van der Waals surface area contributed by atoms with Gasteiger partial charge in [0.25, 0.3) is 0 Å². The molecular formula is C11H27N. The molecule has 0 spiro atoms. The van der Waals surface area contributed by atoms with Gasteiger partial charge in [0, 0.05) is 6.04 Å². The largest absolute Gasteiger partial charge is 0.314 e. The van der Waals surface area contributed by atoms with Crippen molar-refractivity contribution in [1.29, 1.82) is 0 Å². The van der Waals surface area contributed by atoms with Crippen molar-refractivity contribution in [3.8, 4) is 0 Å². The lowest BCUT2D eigenvalue weighted by Gasteiger charge is -2.05. The van der Waals surface area contributed by atoms with Crippen molar-refractivity contribution in [2.75, 3.05) is 6.54 Å². The summed E-state index contributed by atoms with van der Waals surface area (Å²) >= 11 is 0. The maximum Gasteiger partial charge on any atom is 0.00674 e. The molecule has 1 heteroatoms. The van der Waals surface area contributed by atoms with Gasteiger partial charge in [0.15, 0.2) is 0 Å². The fourth-order valence-corrected chi connectivity index (χ4v) is 1.35. The molecular weight excluding hydrogens is 146 g/mol. The number of rotatable bonds is 2. The van der Waals surface area contributed by atoms with Crippen molar-refractivity contribution in [2.24, 2.45) is 0 Å². The van der Waals surface area contributed by atoms with Crippen LogP contribution < -0.4 is 5.32 Å². The molecule has 1 nitrogen and oxygen atoms in total. The molecule has 0 bridgehead atoms. The van der Waals surface area contributed by atoms with Crippen LogP contribution in [0.2, 0.25) is 0 Å². The SMILES string of the molecule is CC.CC.CCC[C@@H]1CCCN1. The molecule has 1 fully saturated rings. The van der Waals surface area contributed by atoms with E-state index in [9.17, 15) is 0 Å². The van der Waals surface area contributed by atoms with Gasteiger partial charge in [-0.15, -0.1) is 0 Å². The van der Waals surface area contributed by atoms with Crippen molar-refractivity contribution in [1.82, 2.24) is 5.32 Å². The molecule has 0 aromatic heterocycles. The summed E-state index contributed by atoms with van der Waals surface area (Å²) in [6.45, 7) is 11.5. The van der Waals surface area contributed by atoms with Gasteiger partial charge in [0.2, 0.25) is 0 Å². The first-order valence-electron chi connectivity index (χ1n) is 5.67. The summed E-state index contributed by atoms with van der Waals surface area (Å²) in [5.41, 5.74) is 0. The van der Waals surface area contributed by atoms with Crippen LogP contribution >= 0.6 is 0 Å². The van der Waals surface area contributed by atoms with Gasteiger partial charge in [-0.05, 0) is 25.8 Å². The Balaban J connectivity index is 0. The molecule has 0 radical (unpaired) electrons. The first-order chi connectivity index (χ1) is 5.93. The van der Waals surface area contributed by atoms with E-state index in [0.29, 0.717) is 0 Å². The van der Waals surface area contributed by atoms with E-state index in [2.05, 4.69) is 12.2 Å². The van der Waals surface area contributed by atoms with Crippen molar-refractivity contribution < 1.29 is 0 Å². The molecule has 0 aromatic rings. The summed E-state index contributed by atoms with van der Waals surface area (Å²) in [5, 5.41) is 3.46. The number of nitrogens with one attached hydrogen (secondary N) is 1. The second kappa shape index (κ2) is 13.5.